The van der Waals surface area contributed by atoms with Gasteiger partial charge < -0.3 is 9.13 Å². The third-order valence-electron chi connectivity index (χ3n) is 13.4. The first-order chi connectivity index (χ1) is 34.1. The number of hydrogen-bond acceptors (Lipinski definition) is 3. The molecule has 0 spiro atoms. The lowest BCUT2D eigenvalue weighted by Crippen LogP contribution is -2.07. The van der Waals surface area contributed by atoms with Gasteiger partial charge in [0, 0.05) is 55.4 Å². The summed E-state index contributed by atoms with van der Waals surface area (Å²) in [6.07, 6.45) is 15.6. The fraction of sp³-hybridized carbons (Fsp3) is 0.0469. The van der Waals surface area contributed by atoms with Crippen LogP contribution < -0.4 is 0 Å². The van der Waals surface area contributed by atoms with Crippen molar-refractivity contribution in [3.63, 3.8) is 0 Å². The summed E-state index contributed by atoms with van der Waals surface area (Å²) >= 11 is 0. The van der Waals surface area contributed by atoms with Gasteiger partial charge in [-0.05, 0) is 108 Å². The van der Waals surface area contributed by atoms with Gasteiger partial charge in [-0.25, -0.2) is 15.0 Å². The predicted molar refractivity (Wildman–Crippen MR) is 287 cm³/mol. The van der Waals surface area contributed by atoms with Crippen LogP contribution in [0.25, 0.3) is 107 Å². The van der Waals surface area contributed by atoms with Crippen LogP contribution in [0, 0.1) is 12.3 Å². The van der Waals surface area contributed by atoms with Crippen molar-refractivity contribution in [1.82, 2.24) is 24.1 Å². The Kier molecular flexibility index (Phi) is 10.5. The standard InChI is InChI=1S/C64H45N5/c1-3-4-7-19-43(2)52-26-12-15-29-57(52)69-59-31-17-14-28-54(59)56-41-48(34-39-61(56)69)44-32-36-51(37-33-44)68-58-30-16-13-27-53(58)55-42-49(35-38-60(55)68)47-24-18-25-50(40-47)64-66-62(45-20-8-5-9-21-45)65-63(67-64)46-22-10-6-11-23-46/h1,4-33,35-38,40-42H,34,39H2,2H3/b7-4-,43-19+. The van der Waals surface area contributed by atoms with E-state index in [0.717, 1.165) is 57.4 Å². The molecule has 0 unspecified atom stereocenters. The maximum absolute atomic E-state index is 5.51. The quantitative estimate of drug-likeness (QED) is 0.107. The Hall–Kier alpha value is -9.11. The van der Waals surface area contributed by atoms with Crippen LogP contribution in [0.3, 0.4) is 0 Å². The zero-order valence-electron chi connectivity index (χ0n) is 38.1. The number of fused-ring (bicyclic) bond motifs is 6. The summed E-state index contributed by atoms with van der Waals surface area (Å²) in [7, 11) is 0. The Morgan fingerprint density at radius 1 is 0.493 bits per heavy atom. The molecule has 0 atom stereocenters. The maximum Gasteiger partial charge on any atom is 0.164 e. The third-order valence-corrected chi connectivity index (χ3v) is 13.4. The number of para-hydroxylation sites is 3. The van der Waals surface area contributed by atoms with Crippen molar-refractivity contribution < 1.29 is 0 Å². The van der Waals surface area contributed by atoms with Gasteiger partial charge in [0.1, 0.15) is 0 Å². The number of aromatic nitrogens is 5. The van der Waals surface area contributed by atoms with Gasteiger partial charge in [0.25, 0.3) is 0 Å². The molecule has 0 fully saturated rings. The second-order valence-corrected chi connectivity index (χ2v) is 17.5. The zero-order chi connectivity index (χ0) is 46.3. The number of hydrogen-bond donors (Lipinski definition) is 0. The summed E-state index contributed by atoms with van der Waals surface area (Å²) < 4.78 is 4.87. The van der Waals surface area contributed by atoms with Crippen molar-refractivity contribution in [3.8, 4) is 69.0 Å². The summed E-state index contributed by atoms with van der Waals surface area (Å²) in [5, 5.41) is 3.68. The molecule has 1 aliphatic rings. The number of benzene rings is 8. The first-order valence-electron chi connectivity index (χ1n) is 23.4. The van der Waals surface area contributed by atoms with Gasteiger partial charge in [-0.1, -0.05) is 170 Å². The Morgan fingerprint density at radius 3 is 1.78 bits per heavy atom. The van der Waals surface area contributed by atoms with Crippen LogP contribution in [-0.4, -0.2) is 24.1 Å². The van der Waals surface area contributed by atoms with Crippen molar-refractivity contribution in [1.29, 1.82) is 0 Å². The van der Waals surface area contributed by atoms with E-state index in [1.807, 2.05) is 66.7 Å². The highest BCUT2D eigenvalue weighted by molar-refractivity contribution is 6.10. The van der Waals surface area contributed by atoms with Crippen molar-refractivity contribution in [2.75, 3.05) is 0 Å². The largest absolute Gasteiger partial charge is 0.312 e. The molecule has 0 aliphatic heterocycles. The second-order valence-electron chi connectivity index (χ2n) is 17.5. The molecule has 0 radical (unpaired) electrons. The lowest BCUT2D eigenvalue weighted by Gasteiger charge is -2.20. The minimum atomic E-state index is 0.636. The van der Waals surface area contributed by atoms with E-state index >= 15 is 0 Å². The van der Waals surface area contributed by atoms with Gasteiger partial charge in [0.15, 0.2) is 17.5 Å². The molecule has 0 bridgehead atoms. The van der Waals surface area contributed by atoms with Crippen molar-refractivity contribution in [2.24, 2.45) is 0 Å². The first kappa shape index (κ1) is 41.3. The van der Waals surface area contributed by atoms with Gasteiger partial charge in [-0.2, -0.15) is 0 Å². The van der Waals surface area contributed by atoms with E-state index in [1.54, 1.807) is 6.08 Å². The lowest BCUT2D eigenvalue weighted by molar-refractivity contribution is 0.896. The molecule has 11 aromatic rings. The molecule has 326 valence electrons. The average molecular weight is 884 g/mol. The highest BCUT2D eigenvalue weighted by atomic mass is 15.0. The minimum absolute atomic E-state index is 0.636. The highest BCUT2D eigenvalue weighted by Crippen LogP contribution is 2.41. The summed E-state index contributed by atoms with van der Waals surface area (Å²) in [5.74, 6) is 4.53. The predicted octanol–water partition coefficient (Wildman–Crippen LogP) is 15.7. The van der Waals surface area contributed by atoms with Gasteiger partial charge in [0.2, 0.25) is 0 Å². The molecule has 5 heteroatoms. The second kappa shape index (κ2) is 17.6. The van der Waals surface area contributed by atoms with Crippen molar-refractivity contribution in [3.05, 3.63) is 241 Å². The number of rotatable bonds is 9. The van der Waals surface area contributed by atoms with E-state index in [4.69, 9.17) is 21.4 Å². The molecule has 12 rings (SSSR count). The van der Waals surface area contributed by atoms with Crippen LogP contribution in [0.4, 0.5) is 0 Å². The van der Waals surface area contributed by atoms with Gasteiger partial charge in [-0.15, -0.1) is 6.42 Å². The van der Waals surface area contributed by atoms with Crippen LogP contribution in [0.15, 0.2) is 218 Å². The van der Waals surface area contributed by atoms with Crippen LogP contribution in [0.5, 0.6) is 0 Å². The molecule has 3 aromatic heterocycles. The molecule has 0 saturated heterocycles. The number of allylic oxidation sites excluding steroid dienone is 5. The van der Waals surface area contributed by atoms with Crippen LogP contribution >= 0.6 is 0 Å². The van der Waals surface area contributed by atoms with Crippen LogP contribution in [0.1, 0.15) is 35.7 Å². The Balaban J connectivity index is 0.891. The summed E-state index contributed by atoms with van der Waals surface area (Å²) in [6.45, 7) is 2.15. The van der Waals surface area contributed by atoms with Gasteiger partial charge >= 0.3 is 0 Å². The van der Waals surface area contributed by atoms with Crippen LogP contribution in [0.2, 0.25) is 0 Å². The Bertz CT molecular complexity index is 3840. The minimum Gasteiger partial charge on any atom is -0.312 e. The highest BCUT2D eigenvalue weighted by Gasteiger charge is 2.23. The normalized spacial score (nSPS) is 12.7. The summed E-state index contributed by atoms with van der Waals surface area (Å²) in [5.41, 5.74) is 18.5. The maximum atomic E-state index is 5.51. The summed E-state index contributed by atoms with van der Waals surface area (Å²) in [6, 6.07) is 70.9. The Labute approximate surface area is 401 Å². The molecule has 3 heterocycles. The smallest absolute Gasteiger partial charge is 0.164 e. The van der Waals surface area contributed by atoms with Gasteiger partial charge in [-0.3, -0.25) is 0 Å². The average Bonchev–Trinajstić information content (AvgIpc) is 3.93. The van der Waals surface area contributed by atoms with E-state index in [0.29, 0.717) is 17.5 Å². The zero-order valence-corrected chi connectivity index (χ0v) is 38.1. The molecule has 0 N–H and O–H groups in total. The molecular formula is C64H45N5. The van der Waals surface area contributed by atoms with E-state index in [1.165, 1.54) is 60.8 Å². The molecule has 0 saturated carbocycles. The lowest BCUT2D eigenvalue weighted by atomic mass is 9.91. The molecule has 8 aromatic carbocycles. The van der Waals surface area contributed by atoms with Gasteiger partial charge in [0.05, 0.1) is 22.2 Å². The molecule has 0 amide bonds. The summed E-state index contributed by atoms with van der Waals surface area (Å²) in [4.78, 5) is 14.9. The fourth-order valence-corrected chi connectivity index (χ4v) is 10.1. The third kappa shape index (κ3) is 7.55. The molecular weight excluding hydrogens is 839 g/mol. The van der Waals surface area contributed by atoms with Crippen molar-refractivity contribution in [2.45, 2.75) is 19.8 Å². The molecule has 69 heavy (non-hydrogen) atoms. The molecule has 1 aliphatic carbocycles. The van der Waals surface area contributed by atoms with Crippen molar-refractivity contribution >= 4 is 49.9 Å². The number of nitrogens with zero attached hydrogens (tertiary/aromatic N) is 5. The topological polar surface area (TPSA) is 48.5 Å². The number of terminal acetylenes is 1. The van der Waals surface area contributed by atoms with Crippen LogP contribution in [-0.2, 0) is 6.42 Å². The van der Waals surface area contributed by atoms with E-state index in [2.05, 4.69) is 174 Å². The fourth-order valence-electron chi connectivity index (χ4n) is 10.1. The van der Waals surface area contributed by atoms with E-state index in [9.17, 15) is 0 Å². The Morgan fingerprint density at radius 2 is 1.06 bits per heavy atom. The van der Waals surface area contributed by atoms with E-state index in [-0.39, 0.29) is 0 Å². The van der Waals surface area contributed by atoms with E-state index < -0.39 is 0 Å². The molecule has 5 nitrogen and oxygen atoms in total. The monoisotopic (exact) mass is 883 g/mol. The first-order valence-corrected chi connectivity index (χ1v) is 23.4. The SMILES string of the molecule is C#C/C=C\C=C(/C)c1ccccc1-n1c2c(c3ccccc31)C=C(c1ccc(-n3c4ccccc4c4cc(-c5cccc(-c6nc(-c7ccccc7)nc(-c7ccccc7)n6)c5)ccc43)cc1)CC2.